The van der Waals surface area contributed by atoms with Crippen molar-refractivity contribution in [1.82, 2.24) is 19.5 Å². The van der Waals surface area contributed by atoms with E-state index in [-0.39, 0.29) is 5.56 Å². The molecule has 1 aromatic carbocycles. The van der Waals surface area contributed by atoms with Crippen LogP contribution in [-0.4, -0.2) is 42.0 Å². The van der Waals surface area contributed by atoms with E-state index in [0.29, 0.717) is 41.3 Å². The summed E-state index contributed by atoms with van der Waals surface area (Å²) in [5.74, 6) is 1.12. The maximum atomic E-state index is 12.6. The van der Waals surface area contributed by atoms with Crippen LogP contribution in [0.3, 0.4) is 0 Å². The molecule has 0 atom stereocenters. The van der Waals surface area contributed by atoms with E-state index < -0.39 is 5.60 Å². The molecule has 31 heavy (non-hydrogen) atoms. The molecule has 9 nitrogen and oxygen atoms in total. The van der Waals surface area contributed by atoms with E-state index in [1.807, 2.05) is 30.5 Å². The summed E-state index contributed by atoms with van der Waals surface area (Å²) in [4.78, 5) is 23.8. The lowest BCUT2D eigenvalue weighted by atomic mass is 10.1. The third-order valence-corrected chi connectivity index (χ3v) is 4.92. The minimum Gasteiger partial charge on any atom is -0.493 e. The van der Waals surface area contributed by atoms with Crippen molar-refractivity contribution in [3.63, 3.8) is 0 Å². The van der Waals surface area contributed by atoms with Gasteiger partial charge in [0.15, 0.2) is 5.65 Å². The first-order chi connectivity index (χ1) is 14.9. The number of rotatable bonds is 7. The van der Waals surface area contributed by atoms with Crippen LogP contribution in [0.5, 0.6) is 5.75 Å². The van der Waals surface area contributed by atoms with Crippen molar-refractivity contribution >= 4 is 16.9 Å². The predicted octanol–water partition coefficient (Wildman–Crippen LogP) is 1.90. The van der Waals surface area contributed by atoms with Crippen LogP contribution in [-0.2, 0) is 0 Å². The Bertz CT molecular complexity index is 1240. The third-order valence-electron chi connectivity index (χ3n) is 4.92. The fourth-order valence-corrected chi connectivity index (χ4v) is 3.25. The quantitative estimate of drug-likeness (QED) is 0.337. The van der Waals surface area contributed by atoms with Crippen LogP contribution in [0.2, 0.25) is 0 Å². The molecule has 0 radical (unpaired) electrons. The minimum atomic E-state index is -0.780. The highest BCUT2D eigenvalue weighted by molar-refractivity contribution is 5.94. The molecule has 0 saturated heterocycles. The van der Waals surface area contributed by atoms with Gasteiger partial charge in [0.2, 0.25) is 0 Å². The van der Waals surface area contributed by atoms with Gasteiger partial charge >= 0.3 is 0 Å². The summed E-state index contributed by atoms with van der Waals surface area (Å²) in [6.45, 7) is 3.89. The van der Waals surface area contributed by atoms with Crippen LogP contribution < -0.4 is 15.8 Å². The lowest BCUT2D eigenvalue weighted by Crippen LogP contribution is -2.74. The molecule has 160 valence electrons. The molecule has 0 aliphatic heterocycles. The number of H-pyrrole nitrogens is 1. The van der Waals surface area contributed by atoms with Crippen molar-refractivity contribution in [1.29, 1.82) is 0 Å². The molecule has 3 aromatic heterocycles. The van der Waals surface area contributed by atoms with Gasteiger partial charge in [-0.2, -0.15) is 5.48 Å². The number of ether oxygens (including phenoxy) is 1. The molecular formula is C22H24N5O4+. The largest absolute Gasteiger partial charge is 0.493 e. The highest BCUT2D eigenvalue weighted by Gasteiger charge is 2.17. The van der Waals surface area contributed by atoms with Gasteiger partial charge in [0.05, 0.1) is 35.8 Å². The highest BCUT2D eigenvalue weighted by atomic mass is 16.5. The molecule has 3 heterocycles. The molecule has 0 amide bonds. The first-order valence-corrected chi connectivity index (χ1v) is 9.84. The fourth-order valence-electron chi connectivity index (χ4n) is 3.25. The second-order valence-electron chi connectivity index (χ2n) is 7.85. The Morgan fingerprint density at radius 2 is 1.94 bits per heavy atom. The van der Waals surface area contributed by atoms with Gasteiger partial charge in [0.1, 0.15) is 5.75 Å². The molecule has 4 aromatic rings. The second kappa shape index (κ2) is 8.31. The summed E-state index contributed by atoms with van der Waals surface area (Å²) in [6.07, 6.45) is 5.34. The molecule has 0 saturated carbocycles. The number of nitrogens with two attached hydrogens (primary N) is 1. The van der Waals surface area contributed by atoms with Gasteiger partial charge in [-0.25, -0.2) is 15.2 Å². The average Bonchev–Trinajstić information content (AvgIpc) is 3.14. The summed E-state index contributed by atoms with van der Waals surface area (Å²) in [5, 5.41) is 19.4. The van der Waals surface area contributed by atoms with E-state index in [2.05, 4.69) is 15.0 Å². The van der Waals surface area contributed by atoms with Gasteiger partial charge in [0.25, 0.3) is 11.4 Å². The number of aromatic amines is 1. The van der Waals surface area contributed by atoms with Crippen LogP contribution in [0.25, 0.3) is 27.8 Å². The van der Waals surface area contributed by atoms with E-state index in [9.17, 15) is 9.90 Å². The Hall–Kier alpha value is -3.53. The number of nitrogens with one attached hydrogen (secondary N) is 1. The molecule has 9 heteroatoms. The summed E-state index contributed by atoms with van der Waals surface area (Å²) >= 11 is 0. The number of quaternary nitrogens is 1. The number of hydrogen-bond acceptors (Lipinski definition) is 6. The SMILES string of the molecule is CC(C)(O)CCOc1ccc(-c2cn(-c3ccc([NH2+]O)nc3)c3nc[nH]c(=O)c23)cc1. The van der Waals surface area contributed by atoms with Crippen molar-refractivity contribution in [3.8, 4) is 22.6 Å². The lowest BCUT2D eigenvalue weighted by Gasteiger charge is -2.17. The first-order valence-electron chi connectivity index (χ1n) is 9.84. The minimum absolute atomic E-state index is 0.238. The maximum absolute atomic E-state index is 12.6. The standard InChI is InChI=1S/C22H23N5O4/c1-22(2,29)9-10-31-16-6-3-14(4-7-16)17-12-27(15-5-8-18(26-30)23-11-15)20-19(17)21(28)25-13-24-20/h3-8,11-13,29-30H,9-10H2,1-2H3,(H,23,26)(H,24,25,28)/p+1. The number of nitrogens with zero attached hydrogens (tertiary/aromatic N) is 3. The summed E-state index contributed by atoms with van der Waals surface area (Å²) in [7, 11) is 0. The Morgan fingerprint density at radius 1 is 1.16 bits per heavy atom. The zero-order valence-corrected chi connectivity index (χ0v) is 17.2. The molecular weight excluding hydrogens is 398 g/mol. The van der Waals surface area contributed by atoms with Gasteiger partial charge in [0, 0.05) is 24.2 Å². The molecule has 0 bridgehead atoms. The van der Waals surface area contributed by atoms with Crippen LogP contribution in [0.4, 0.5) is 5.82 Å². The molecule has 0 aliphatic carbocycles. The van der Waals surface area contributed by atoms with Gasteiger partial charge in [-0.1, -0.05) is 12.1 Å². The zero-order valence-electron chi connectivity index (χ0n) is 17.2. The lowest BCUT2D eigenvalue weighted by molar-refractivity contribution is -0.828. The van der Waals surface area contributed by atoms with E-state index in [0.717, 1.165) is 16.6 Å². The van der Waals surface area contributed by atoms with Crippen molar-refractivity contribution in [2.45, 2.75) is 25.9 Å². The fraction of sp³-hybridized carbons (Fsp3) is 0.227. The Balaban J connectivity index is 1.70. The van der Waals surface area contributed by atoms with Gasteiger partial charge in [-0.05, 0) is 37.6 Å². The predicted molar refractivity (Wildman–Crippen MR) is 115 cm³/mol. The van der Waals surface area contributed by atoms with Crippen LogP contribution in [0.1, 0.15) is 20.3 Å². The second-order valence-corrected chi connectivity index (χ2v) is 7.85. The molecule has 0 fully saturated rings. The van der Waals surface area contributed by atoms with Crippen molar-refractivity contribution in [2.24, 2.45) is 0 Å². The monoisotopic (exact) mass is 422 g/mol. The maximum Gasteiger partial charge on any atom is 0.260 e. The van der Waals surface area contributed by atoms with Crippen LogP contribution >= 0.6 is 0 Å². The molecule has 0 unspecified atom stereocenters. The topological polar surface area (TPSA) is 130 Å². The summed E-state index contributed by atoms with van der Waals surface area (Å²) in [6, 6.07) is 10.9. The number of benzene rings is 1. The van der Waals surface area contributed by atoms with Gasteiger partial charge in [-0.15, -0.1) is 0 Å². The Labute approximate surface area is 177 Å². The van der Waals surface area contributed by atoms with Crippen LogP contribution in [0.15, 0.2) is 59.9 Å². The molecule has 0 spiro atoms. The molecule has 0 aliphatic rings. The van der Waals surface area contributed by atoms with E-state index in [4.69, 9.17) is 9.94 Å². The normalized spacial score (nSPS) is 11.7. The highest BCUT2D eigenvalue weighted by Crippen LogP contribution is 2.30. The molecule has 5 N–H and O–H groups in total. The number of pyridine rings is 1. The molecule has 4 rings (SSSR count). The third kappa shape index (κ3) is 4.48. The van der Waals surface area contributed by atoms with E-state index >= 15 is 0 Å². The summed E-state index contributed by atoms with van der Waals surface area (Å²) < 4.78 is 7.50. The number of hydrogen-bond donors (Lipinski definition) is 4. The van der Waals surface area contributed by atoms with Crippen LogP contribution in [0, 0.1) is 0 Å². The number of aliphatic hydroxyl groups is 1. The number of aromatic nitrogens is 4. The number of fused-ring (bicyclic) bond motifs is 1. The van der Waals surface area contributed by atoms with Gasteiger partial charge < -0.3 is 14.8 Å². The van der Waals surface area contributed by atoms with Crippen molar-refractivity contribution in [2.75, 3.05) is 6.61 Å². The van der Waals surface area contributed by atoms with E-state index in [1.165, 1.54) is 6.33 Å². The Morgan fingerprint density at radius 3 is 2.58 bits per heavy atom. The summed E-state index contributed by atoms with van der Waals surface area (Å²) in [5.41, 5.74) is 2.70. The smallest absolute Gasteiger partial charge is 0.260 e. The van der Waals surface area contributed by atoms with E-state index in [1.54, 1.807) is 36.7 Å². The van der Waals surface area contributed by atoms with Crippen molar-refractivity contribution in [3.05, 3.63) is 65.5 Å². The average molecular weight is 422 g/mol. The zero-order chi connectivity index (χ0) is 22.0. The van der Waals surface area contributed by atoms with Gasteiger partial charge in [-0.3, -0.25) is 9.36 Å². The first kappa shape index (κ1) is 20.7. The van der Waals surface area contributed by atoms with Crippen molar-refractivity contribution < 1.29 is 20.5 Å². The Kier molecular flexibility index (Phi) is 5.55.